The van der Waals surface area contributed by atoms with E-state index in [0.717, 1.165) is 33.1 Å². The average Bonchev–Trinajstić information content (AvgIpc) is 3.09. The summed E-state index contributed by atoms with van der Waals surface area (Å²) in [4.78, 5) is 0.813. The summed E-state index contributed by atoms with van der Waals surface area (Å²) in [6.45, 7) is 6.45. The van der Waals surface area contributed by atoms with Crippen molar-refractivity contribution in [2.75, 3.05) is 7.11 Å². The van der Waals surface area contributed by atoms with Crippen molar-refractivity contribution in [1.29, 1.82) is 0 Å². The van der Waals surface area contributed by atoms with Crippen LogP contribution in [0.5, 0.6) is 5.75 Å². The van der Waals surface area contributed by atoms with Crippen molar-refractivity contribution in [3.8, 4) is 17.0 Å². The zero-order valence-corrected chi connectivity index (χ0v) is 16.8. The number of halogens is 1. The molecule has 0 aliphatic carbocycles. The standard InChI is InChI=1S/C21H20ClN3OS/c1-4-13-25-20(17-5-9-18(22)10-6-17)14-27-21(25)24-23-15(2)16-7-11-19(26-3)12-8-16/h4-12,14H,1,13H2,2-3H3. The Labute approximate surface area is 167 Å². The lowest BCUT2D eigenvalue weighted by Gasteiger charge is -2.06. The fourth-order valence-electron chi connectivity index (χ4n) is 2.57. The Morgan fingerprint density at radius 3 is 2.52 bits per heavy atom. The van der Waals surface area contributed by atoms with Gasteiger partial charge in [0.15, 0.2) is 0 Å². The van der Waals surface area contributed by atoms with Crippen molar-refractivity contribution in [2.24, 2.45) is 10.2 Å². The molecule has 6 heteroatoms. The van der Waals surface area contributed by atoms with E-state index in [0.29, 0.717) is 11.6 Å². The molecule has 3 rings (SSSR count). The number of ether oxygens (including phenoxy) is 1. The average molecular weight is 398 g/mol. The predicted molar refractivity (Wildman–Crippen MR) is 114 cm³/mol. The summed E-state index contributed by atoms with van der Waals surface area (Å²) in [5.74, 6) is 0.818. The highest BCUT2D eigenvalue weighted by atomic mass is 35.5. The molecule has 0 fully saturated rings. The van der Waals surface area contributed by atoms with Gasteiger partial charge >= 0.3 is 0 Å². The van der Waals surface area contributed by atoms with Crippen LogP contribution in [0.15, 0.2) is 76.8 Å². The van der Waals surface area contributed by atoms with Crippen LogP contribution in [-0.4, -0.2) is 17.4 Å². The summed E-state index contributed by atoms with van der Waals surface area (Å²) in [7, 11) is 1.65. The molecule has 4 nitrogen and oxygen atoms in total. The second kappa shape index (κ2) is 8.84. The molecule has 0 saturated carbocycles. The molecular weight excluding hydrogens is 378 g/mol. The van der Waals surface area contributed by atoms with E-state index in [1.54, 1.807) is 18.4 Å². The Balaban J connectivity index is 1.97. The third-order valence-electron chi connectivity index (χ3n) is 4.04. The molecule has 0 N–H and O–H groups in total. The van der Waals surface area contributed by atoms with Crippen LogP contribution in [-0.2, 0) is 6.54 Å². The van der Waals surface area contributed by atoms with Crippen LogP contribution in [0, 0.1) is 0 Å². The monoisotopic (exact) mass is 397 g/mol. The molecule has 1 aromatic heterocycles. The molecule has 0 amide bonds. The van der Waals surface area contributed by atoms with Crippen LogP contribution in [0.3, 0.4) is 0 Å². The van der Waals surface area contributed by atoms with Gasteiger partial charge in [0.1, 0.15) is 5.75 Å². The molecule has 1 heterocycles. The summed E-state index contributed by atoms with van der Waals surface area (Å²) >= 11 is 7.55. The Hall–Kier alpha value is -2.63. The molecule has 0 radical (unpaired) electrons. The minimum Gasteiger partial charge on any atom is -0.497 e. The normalized spacial score (nSPS) is 12.3. The highest BCUT2D eigenvalue weighted by Crippen LogP contribution is 2.22. The minimum atomic E-state index is 0.650. The molecule has 27 heavy (non-hydrogen) atoms. The first-order valence-electron chi connectivity index (χ1n) is 8.40. The molecule has 2 aromatic carbocycles. The van der Waals surface area contributed by atoms with Gasteiger partial charge in [0, 0.05) is 16.9 Å². The third kappa shape index (κ3) is 4.56. The van der Waals surface area contributed by atoms with Gasteiger partial charge < -0.3 is 9.30 Å². The zero-order valence-electron chi connectivity index (χ0n) is 15.2. The lowest BCUT2D eigenvalue weighted by atomic mass is 10.1. The topological polar surface area (TPSA) is 38.9 Å². The van der Waals surface area contributed by atoms with Gasteiger partial charge in [-0.15, -0.1) is 23.0 Å². The van der Waals surface area contributed by atoms with Gasteiger partial charge in [-0.1, -0.05) is 29.8 Å². The number of rotatable bonds is 6. The van der Waals surface area contributed by atoms with Crippen molar-refractivity contribution < 1.29 is 4.74 Å². The van der Waals surface area contributed by atoms with Gasteiger partial charge in [0.2, 0.25) is 4.80 Å². The third-order valence-corrected chi connectivity index (χ3v) is 5.15. The van der Waals surface area contributed by atoms with Crippen LogP contribution in [0.1, 0.15) is 12.5 Å². The number of methoxy groups -OCH3 is 1. The molecule has 138 valence electrons. The van der Waals surface area contributed by atoms with Gasteiger partial charge in [-0.3, -0.25) is 0 Å². The van der Waals surface area contributed by atoms with Crippen LogP contribution in [0.4, 0.5) is 0 Å². The van der Waals surface area contributed by atoms with Gasteiger partial charge in [0.05, 0.1) is 18.5 Å². The van der Waals surface area contributed by atoms with Crippen LogP contribution in [0.2, 0.25) is 5.02 Å². The van der Waals surface area contributed by atoms with E-state index in [9.17, 15) is 0 Å². The molecule has 0 spiro atoms. The van der Waals surface area contributed by atoms with E-state index in [-0.39, 0.29) is 0 Å². The molecule has 0 aliphatic heterocycles. The van der Waals surface area contributed by atoms with Gasteiger partial charge in [-0.25, -0.2) is 0 Å². The van der Waals surface area contributed by atoms with E-state index in [1.807, 2.05) is 61.5 Å². The Kier molecular flexibility index (Phi) is 6.27. The number of nitrogens with zero attached hydrogens (tertiary/aromatic N) is 3. The van der Waals surface area contributed by atoms with Crippen LogP contribution in [0.25, 0.3) is 11.3 Å². The number of benzene rings is 2. The molecule has 0 saturated heterocycles. The lowest BCUT2D eigenvalue weighted by Crippen LogP contribution is -2.15. The van der Waals surface area contributed by atoms with E-state index in [2.05, 4.69) is 26.7 Å². The molecular formula is C21H20ClN3OS. The summed E-state index contributed by atoms with van der Waals surface area (Å²) in [5, 5.41) is 11.7. The highest BCUT2D eigenvalue weighted by molar-refractivity contribution is 7.07. The summed E-state index contributed by atoms with van der Waals surface area (Å²) in [6.07, 6.45) is 1.85. The quantitative estimate of drug-likeness (QED) is 0.312. The number of hydrogen-bond donors (Lipinski definition) is 0. The summed E-state index contributed by atoms with van der Waals surface area (Å²) in [5.41, 5.74) is 3.98. The van der Waals surface area contributed by atoms with Gasteiger partial charge in [-0.2, -0.15) is 5.10 Å². The number of thiazole rings is 1. The van der Waals surface area contributed by atoms with Crippen molar-refractivity contribution >= 4 is 28.6 Å². The zero-order chi connectivity index (χ0) is 19.2. The van der Waals surface area contributed by atoms with Crippen LogP contribution < -0.4 is 9.54 Å². The maximum atomic E-state index is 6.00. The molecule has 3 aromatic rings. The highest BCUT2D eigenvalue weighted by Gasteiger charge is 2.07. The largest absolute Gasteiger partial charge is 0.497 e. The fourth-order valence-corrected chi connectivity index (χ4v) is 3.57. The Morgan fingerprint density at radius 1 is 1.19 bits per heavy atom. The second-order valence-electron chi connectivity index (χ2n) is 5.82. The summed E-state index contributed by atoms with van der Waals surface area (Å²) in [6, 6.07) is 15.5. The van der Waals surface area contributed by atoms with E-state index < -0.39 is 0 Å². The molecule has 0 atom stereocenters. The molecule has 0 unspecified atom stereocenters. The summed E-state index contributed by atoms with van der Waals surface area (Å²) < 4.78 is 7.28. The maximum Gasteiger partial charge on any atom is 0.211 e. The number of hydrogen-bond acceptors (Lipinski definition) is 4. The Morgan fingerprint density at radius 2 is 1.89 bits per heavy atom. The van der Waals surface area contributed by atoms with Gasteiger partial charge in [-0.05, 0) is 54.4 Å². The lowest BCUT2D eigenvalue weighted by molar-refractivity contribution is 0.415. The first-order valence-corrected chi connectivity index (χ1v) is 9.66. The predicted octanol–water partition coefficient (Wildman–Crippen LogP) is 5.39. The van der Waals surface area contributed by atoms with Crippen molar-refractivity contribution in [2.45, 2.75) is 13.5 Å². The van der Waals surface area contributed by atoms with Crippen molar-refractivity contribution in [3.05, 3.63) is 82.0 Å². The first kappa shape index (κ1) is 19.1. The molecule has 0 bridgehead atoms. The SMILES string of the molecule is C=CCn1c(-c2ccc(Cl)cc2)csc1=NN=C(C)c1ccc(OC)cc1. The van der Waals surface area contributed by atoms with Crippen molar-refractivity contribution in [1.82, 2.24) is 4.57 Å². The van der Waals surface area contributed by atoms with Crippen molar-refractivity contribution in [3.63, 3.8) is 0 Å². The smallest absolute Gasteiger partial charge is 0.211 e. The Bertz CT molecular complexity index is 1010. The fraction of sp³-hybridized carbons (Fsp3) is 0.143. The minimum absolute atomic E-state index is 0.650. The van der Waals surface area contributed by atoms with E-state index >= 15 is 0 Å². The van der Waals surface area contributed by atoms with E-state index in [4.69, 9.17) is 16.3 Å². The number of allylic oxidation sites excluding steroid dienone is 1. The number of aromatic nitrogens is 1. The molecule has 0 aliphatic rings. The van der Waals surface area contributed by atoms with E-state index in [1.165, 1.54) is 0 Å². The van der Waals surface area contributed by atoms with Gasteiger partial charge in [0.25, 0.3) is 0 Å². The van der Waals surface area contributed by atoms with Crippen LogP contribution >= 0.6 is 22.9 Å². The second-order valence-corrected chi connectivity index (χ2v) is 7.10. The maximum absolute atomic E-state index is 6.00. The first-order chi connectivity index (χ1) is 13.1.